The molecule has 0 unspecified atom stereocenters. The van der Waals surface area contributed by atoms with Crippen LogP contribution in [-0.4, -0.2) is 37.7 Å². The summed E-state index contributed by atoms with van der Waals surface area (Å²) in [6, 6.07) is 6.11. The van der Waals surface area contributed by atoms with E-state index in [9.17, 15) is 4.79 Å². The Kier molecular flexibility index (Phi) is 12.9. The Morgan fingerprint density at radius 2 is 1.96 bits per heavy atom. The molecule has 0 aromatic heterocycles. The molecule has 0 spiro atoms. The molecular formula is C19H32IN3O3. The Hall–Kier alpha value is -1.51. The van der Waals surface area contributed by atoms with Crippen LogP contribution in [-0.2, 0) is 16.1 Å². The summed E-state index contributed by atoms with van der Waals surface area (Å²) >= 11 is 0. The number of hydrogen-bond acceptors (Lipinski definition) is 4. The monoisotopic (exact) mass is 477 g/mol. The summed E-state index contributed by atoms with van der Waals surface area (Å²) in [4.78, 5) is 16.2. The van der Waals surface area contributed by atoms with Gasteiger partial charge in [0.15, 0.2) is 5.96 Å². The molecule has 0 aliphatic carbocycles. The molecule has 0 atom stereocenters. The van der Waals surface area contributed by atoms with Gasteiger partial charge in [-0.05, 0) is 46.2 Å². The van der Waals surface area contributed by atoms with E-state index in [1.165, 1.54) is 0 Å². The first kappa shape index (κ1) is 24.5. The van der Waals surface area contributed by atoms with E-state index in [1.807, 2.05) is 46.8 Å². The zero-order chi connectivity index (χ0) is 18.7. The van der Waals surface area contributed by atoms with E-state index in [2.05, 4.69) is 21.7 Å². The van der Waals surface area contributed by atoms with Crippen LogP contribution in [0.3, 0.4) is 0 Å². The minimum absolute atomic E-state index is 0. The highest BCUT2D eigenvalue weighted by atomic mass is 127. The lowest BCUT2D eigenvalue weighted by Crippen LogP contribution is -2.38. The summed E-state index contributed by atoms with van der Waals surface area (Å²) in [7, 11) is 0. The highest BCUT2D eigenvalue weighted by Gasteiger charge is 2.07. The van der Waals surface area contributed by atoms with Gasteiger partial charge in [0.1, 0.15) is 5.75 Å². The van der Waals surface area contributed by atoms with Gasteiger partial charge in [-0.3, -0.25) is 4.79 Å². The molecule has 0 radical (unpaired) electrons. The quantitative estimate of drug-likeness (QED) is 0.247. The van der Waals surface area contributed by atoms with E-state index in [0.717, 1.165) is 23.4 Å². The number of rotatable bonds is 9. The molecule has 1 aromatic rings. The predicted molar refractivity (Wildman–Crippen MR) is 116 cm³/mol. The van der Waals surface area contributed by atoms with Crippen LogP contribution in [0.5, 0.6) is 5.75 Å². The molecule has 0 amide bonds. The SMILES string of the molecule is CCNC(=NCc1ccc(C)cc1OCC)NCCC(=O)OC(C)C.I. The molecule has 0 saturated carbocycles. The molecule has 0 heterocycles. The van der Waals surface area contributed by atoms with Crippen LogP contribution in [0.1, 0.15) is 45.2 Å². The minimum Gasteiger partial charge on any atom is -0.494 e. The van der Waals surface area contributed by atoms with Crippen molar-refractivity contribution in [1.82, 2.24) is 10.6 Å². The molecule has 2 N–H and O–H groups in total. The number of nitrogens with zero attached hydrogens (tertiary/aromatic N) is 1. The number of halogens is 1. The lowest BCUT2D eigenvalue weighted by atomic mass is 10.1. The Morgan fingerprint density at radius 1 is 1.23 bits per heavy atom. The molecule has 7 heteroatoms. The Labute approximate surface area is 174 Å². The van der Waals surface area contributed by atoms with Gasteiger partial charge in [0.25, 0.3) is 0 Å². The van der Waals surface area contributed by atoms with Gasteiger partial charge in [0.05, 0.1) is 25.7 Å². The molecule has 148 valence electrons. The standard InChI is InChI=1S/C19H31N3O3.HI/c1-6-20-19(21-11-10-18(23)25-14(3)4)22-13-16-9-8-15(5)12-17(16)24-7-2;/h8-9,12,14H,6-7,10-11,13H2,1-5H3,(H2,20,21,22);1H. The third-order valence-electron chi connectivity index (χ3n) is 3.26. The van der Waals surface area contributed by atoms with Crippen molar-refractivity contribution in [1.29, 1.82) is 0 Å². The number of benzene rings is 1. The number of esters is 1. The highest BCUT2D eigenvalue weighted by molar-refractivity contribution is 14.0. The Morgan fingerprint density at radius 3 is 2.58 bits per heavy atom. The van der Waals surface area contributed by atoms with Gasteiger partial charge < -0.3 is 20.1 Å². The topological polar surface area (TPSA) is 72.0 Å². The zero-order valence-electron chi connectivity index (χ0n) is 16.4. The lowest BCUT2D eigenvalue weighted by Gasteiger charge is -2.13. The number of carbonyl (C=O) groups excluding carboxylic acids is 1. The van der Waals surface area contributed by atoms with E-state index in [0.29, 0.717) is 32.1 Å². The molecule has 0 bridgehead atoms. The van der Waals surface area contributed by atoms with E-state index < -0.39 is 0 Å². The summed E-state index contributed by atoms with van der Waals surface area (Å²) in [6.07, 6.45) is 0.213. The first-order chi connectivity index (χ1) is 12.0. The van der Waals surface area contributed by atoms with Gasteiger partial charge in [-0.25, -0.2) is 4.99 Å². The summed E-state index contributed by atoms with van der Waals surface area (Å²) < 4.78 is 10.8. The summed E-state index contributed by atoms with van der Waals surface area (Å²) in [5.74, 6) is 1.32. The predicted octanol–water partition coefficient (Wildman–Crippen LogP) is 3.41. The molecular weight excluding hydrogens is 445 g/mol. The maximum atomic E-state index is 11.6. The molecule has 1 aromatic carbocycles. The number of hydrogen-bond donors (Lipinski definition) is 2. The number of nitrogens with one attached hydrogen (secondary N) is 2. The lowest BCUT2D eigenvalue weighted by molar-refractivity contribution is -0.147. The molecule has 0 aliphatic heterocycles. The third kappa shape index (κ3) is 9.84. The third-order valence-corrected chi connectivity index (χ3v) is 3.26. The van der Waals surface area contributed by atoms with Gasteiger partial charge in [0, 0.05) is 18.7 Å². The number of guanidine groups is 1. The van der Waals surface area contributed by atoms with Crippen molar-refractivity contribution in [2.75, 3.05) is 19.7 Å². The maximum Gasteiger partial charge on any atom is 0.307 e. The number of aryl methyl sites for hydroxylation is 1. The second-order valence-electron chi connectivity index (χ2n) is 5.95. The van der Waals surface area contributed by atoms with Crippen LogP contribution in [0.2, 0.25) is 0 Å². The minimum atomic E-state index is -0.212. The summed E-state index contributed by atoms with van der Waals surface area (Å²) in [5, 5.41) is 6.33. The molecule has 1 rings (SSSR count). The van der Waals surface area contributed by atoms with Crippen LogP contribution in [0.15, 0.2) is 23.2 Å². The fraction of sp³-hybridized carbons (Fsp3) is 0.579. The van der Waals surface area contributed by atoms with Crippen LogP contribution >= 0.6 is 24.0 Å². The van der Waals surface area contributed by atoms with Gasteiger partial charge in [-0.1, -0.05) is 12.1 Å². The number of carbonyl (C=O) groups is 1. The second-order valence-corrected chi connectivity index (χ2v) is 5.95. The van der Waals surface area contributed by atoms with Crippen molar-refractivity contribution in [2.24, 2.45) is 4.99 Å². The van der Waals surface area contributed by atoms with E-state index in [1.54, 1.807) is 0 Å². The first-order valence-corrected chi connectivity index (χ1v) is 8.90. The second kappa shape index (κ2) is 13.7. The smallest absolute Gasteiger partial charge is 0.307 e. The van der Waals surface area contributed by atoms with Crippen LogP contribution < -0.4 is 15.4 Å². The average molecular weight is 477 g/mol. The molecule has 26 heavy (non-hydrogen) atoms. The zero-order valence-corrected chi connectivity index (χ0v) is 18.8. The van der Waals surface area contributed by atoms with Crippen molar-refractivity contribution >= 4 is 35.9 Å². The molecule has 0 aliphatic rings. The number of ether oxygens (including phenoxy) is 2. The van der Waals surface area contributed by atoms with Crippen LogP contribution in [0, 0.1) is 6.92 Å². The van der Waals surface area contributed by atoms with Gasteiger partial charge >= 0.3 is 5.97 Å². The van der Waals surface area contributed by atoms with Crippen molar-refractivity contribution in [3.8, 4) is 5.75 Å². The average Bonchev–Trinajstić information content (AvgIpc) is 2.53. The fourth-order valence-electron chi connectivity index (χ4n) is 2.19. The molecule has 0 fully saturated rings. The maximum absolute atomic E-state index is 11.6. The van der Waals surface area contributed by atoms with Crippen molar-refractivity contribution in [3.63, 3.8) is 0 Å². The largest absolute Gasteiger partial charge is 0.494 e. The number of aliphatic imine (C=N–C) groups is 1. The van der Waals surface area contributed by atoms with E-state index in [-0.39, 0.29) is 36.0 Å². The first-order valence-electron chi connectivity index (χ1n) is 8.90. The summed E-state index contributed by atoms with van der Waals surface area (Å²) in [6.45, 7) is 12.0. The normalized spacial score (nSPS) is 10.9. The van der Waals surface area contributed by atoms with Crippen LogP contribution in [0.25, 0.3) is 0 Å². The van der Waals surface area contributed by atoms with Crippen molar-refractivity contribution in [3.05, 3.63) is 29.3 Å². The van der Waals surface area contributed by atoms with E-state index >= 15 is 0 Å². The molecule has 0 saturated heterocycles. The van der Waals surface area contributed by atoms with Crippen LogP contribution in [0.4, 0.5) is 0 Å². The van der Waals surface area contributed by atoms with Crippen molar-refractivity contribution < 1.29 is 14.3 Å². The van der Waals surface area contributed by atoms with Gasteiger partial charge in [-0.15, -0.1) is 24.0 Å². The van der Waals surface area contributed by atoms with E-state index in [4.69, 9.17) is 9.47 Å². The Bertz CT molecular complexity index is 577. The van der Waals surface area contributed by atoms with Gasteiger partial charge in [-0.2, -0.15) is 0 Å². The van der Waals surface area contributed by atoms with Gasteiger partial charge in [0.2, 0.25) is 0 Å². The highest BCUT2D eigenvalue weighted by Crippen LogP contribution is 2.21. The Balaban J connectivity index is 0.00000625. The summed E-state index contributed by atoms with van der Waals surface area (Å²) in [5.41, 5.74) is 2.19. The van der Waals surface area contributed by atoms with Crippen molar-refractivity contribution in [2.45, 2.75) is 53.7 Å². The fourth-order valence-corrected chi connectivity index (χ4v) is 2.19. The molecule has 6 nitrogen and oxygen atoms in total.